The van der Waals surface area contributed by atoms with Gasteiger partial charge in [0.05, 0.1) is 11.8 Å². The highest BCUT2D eigenvalue weighted by atomic mass is 32.2. The van der Waals surface area contributed by atoms with Crippen LogP contribution in [0, 0.1) is 13.8 Å². The van der Waals surface area contributed by atoms with Crippen molar-refractivity contribution in [1.29, 1.82) is 0 Å². The Balaban J connectivity index is 1.31. The van der Waals surface area contributed by atoms with Crippen LogP contribution in [0.3, 0.4) is 0 Å². The van der Waals surface area contributed by atoms with Gasteiger partial charge in [0.1, 0.15) is 0 Å². The van der Waals surface area contributed by atoms with Crippen molar-refractivity contribution in [3.63, 3.8) is 0 Å². The molecule has 0 saturated carbocycles. The summed E-state index contributed by atoms with van der Waals surface area (Å²) in [5, 5.41) is 15.6. The number of carbonyl (C=O) groups is 1. The zero-order valence-electron chi connectivity index (χ0n) is 16.6. The summed E-state index contributed by atoms with van der Waals surface area (Å²) in [7, 11) is 0. The van der Waals surface area contributed by atoms with Gasteiger partial charge in [-0.3, -0.25) is 4.79 Å². The zero-order valence-corrected chi connectivity index (χ0v) is 18.2. The molecule has 0 radical (unpaired) electrons. The third-order valence-corrected chi connectivity index (χ3v) is 7.17. The van der Waals surface area contributed by atoms with Gasteiger partial charge >= 0.3 is 0 Å². The number of thioether (sulfide) groups is 1. The number of anilines is 2. The van der Waals surface area contributed by atoms with Gasteiger partial charge in [-0.1, -0.05) is 53.4 Å². The zero-order chi connectivity index (χ0) is 20.2. The molecule has 2 N–H and O–H groups in total. The maximum Gasteiger partial charge on any atom is 0.230 e. The van der Waals surface area contributed by atoms with E-state index < -0.39 is 0 Å². The number of carbonyl (C=O) groups excluding carboxylic acids is 1. The molecule has 0 fully saturated rings. The highest BCUT2D eigenvalue weighted by molar-refractivity contribution is 8.01. The van der Waals surface area contributed by atoms with Crippen LogP contribution < -0.4 is 10.6 Å². The first-order valence-electron chi connectivity index (χ1n) is 9.76. The van der Waals surface area contributed by atoms with Crippen molar-refractivity contribution < 1.29 is 4.79 Å². The molecule has 2 aromatic carbocycles. The van der Waals surface area contributed by atoms with Crippen LogP contribution in [0.2, 0.25) is 0 Å². The molecule has 29 heavy (non-hydrogen) atoms. The minimum Gasteiger partial charge on any atom is -0.349 e. The van der Waals surface area contributed by atoms with E-state index in [0.717, 1.165) is 34.4 Å². The van der Waals surface area contributed by atoms with Crippen LogP contribution in [-0.2, 0) is 11.2 Å². The SMILES string of the molecule is Cc1ccc(Nc2nnc(SCC(=O)NC3CCCc4ccccc43)s2)cc1C. The van der Waals surface area contributed by atoms with Gasteiger partial charge in [0.15, 0.2) is 4.34 Å². The Hall–Kier alpha value is -2.38. The number of rotatable bonds is 6. The molecule has 0 saturated heterocycles. The summed E-state index contributed by atoms with van der Waals surface area (Å²) in [6.45, 7) is 4.18. The second kappa shape index (κ2) is 8.97. The summed E-state index contributed by atoms with van der Waals surface area (Å²) < 4.78 is 0.788. The van der Waals surface area contributed by atoms with Crippen LogP contribution in [0.1, 0.15) is 41.1 Å². The summed E-state index contributed by atoms with van der Waals surface area (Å²) in [6.07, 6.45) is 3.20. The Bertz CT molecular complexity index is 1020. The summed E-state index contributed by atoms with van der Waals surface area (Å²) in [5.74, 6) is 0.382. The van der Waals surface area contributed by atoms with E-state index in [2.05, 4.69) is 65.0 Å². The molecule has 1 atom stereocenters. The van der Waals surface area contributed by atoms with Crippen molar-refractivity contribution in [3.8, 4) is 0 Å². The Labute approximate surface area is 179 Å². The van der Waals surface area contributed by atoms with E-state index in [-0.39, 0.29) is 11.9 Å². The lowest BCUT2D eigenvalue weighted by atomic mass is 9.88. The lowest BCUT2D eigenvalue weighted by Crippen LogP contribution is -2.32. The average Bonchev–Trinajstić information content (AvgIpc) is 3.17. The topological polar surface area (TPSA) is 66.9 Å². The quantitative estimate of drug-likeness (QED) is 0.534. The van der Waals surface area contributed by atoms with Gasteiger partial charge in [0, 0.05) is 5.69 Å². The largest absolute Gasteiger partial charge is 0.349 e. The number of amides is 1. The fraction of sp³-hybridized carbons (Fsp3) is 0.318. The Morgan fingerprint density at radius 1 is 1.17 bits per heavy atom. The standard InChI is InChI=1S/C22H24N4OS2/c1-14-10-11-17(12-15(14)2)23-21-25-26-22(29-21)28-13-20(27)24-19-9-5-7-16-6-3-4-8-18(16)19/h3-4,6,8,10-12,19H,5,7,9,13H2,1-2H3,(H,23,25)(H,24,27). The average molecular weight is 425 g/mol. The fourth-order valence-electron chi connectivity index (χ4n) is 3.53. The van der Waals surface area contributed by atoms with E-state index in [1.807, 2.05) is 12.1 Å². The summed E-state index contributed by atoms with van der Waals surface area (Å²) >= 11 is 2.89. The van der Waals surface area contributed by atoms with Gasteiger partial charge < -0.3 is 10.6 Å². The third kappa shape index (κ3) is 4.97. The molecule has 7 heteroatoms. The molecule has 1 aliphatic carbocycles. The van der Waals surface area contributed by atoms with Gasteiger partial charge in [-0.05, 0) is 67.5 Å². The van der Waals surface area contributed by atoms with Gasteiger partial charge in [0.2, 0.25) is 11.0 Å². The van der Waals surface area contributed by atoms with Crippen molar-refractivity contribution in [2.45, 2.75) is 43.5 Å². The number of benzene rings is 2. The number of nitrogens with one attached hydrogen (secondary N) is 2. The van der Waals surface area contributed by atoms with E-state index in [9.17, 15) is 4.79 Å². The molecule has 0 aliphatic heterocycles. The number of hydrogen-bond acceptors (Lipinski definition) is 6. The van der Waals surface area contributed by atoms with Crippen LogP contribution >= 0.6 is 23.1 Å². The first-order valence-corrected chi connectivity index (χ1v) is 11.6. The second-order valence-electron chi connectivity index (χ2n) is 7.30. The molecule has 0 spiro atoms. The Morgan fingerprint density at radius 3 is 2.90 bits per heavy atom. The highest BCUT2D eigenvalue weighted by Gasteiger charge is 2.21. The number of hydrogen-bond donors (Lipinski definition) is 2. The predicted molar refractivity (Wildman–Crippen MR) is 120 cm³/mol. The van der Waals surface area contributed by atoms with E-state index in [0.29, 0.717) is 5.75 Å². The Morgan fingerprint density at radius 2 is 2.03 bits per heavy atom. The molecular weight excluding hydrogens is 400 g/mol. The van der Waals surface area contributed by atoms with Crippen LogP contribution in [0.15, 0.2) is 46.8 Å². The smallest absolute Gasteiger partial charge is 0.230 e. The number of aryl methyl sites for hydroxylation is 3. The van der Waals surface area contributed by atoms with Crippen LogP contribution in [0.4, 0.5) is 10.8 Å². The molecule has 1 unspecified atom stereocenters. The molecule has 1 amide bonds. The van der Waals surface area contributed by atoms with E-state index >= 15 is 0 Å². The molecule has 0 bridgehead atoms. The molecule has 1 heterocycles. The molecule has 1 aliphatic rings. The van der Waals surface area contributed by atoms with Gasteiger partial charge in [-0.2, -0.15) is 0 Å². The Kier molecular flexibility index (Phi) is 6.16. The number of nitrogens with zero attached hydrogens (tertiary/aromatic N) is 2. The summed E-state index contributed by atoms with van der Waals surface area (Å²) in [5.41, 5.74) is 6.09. The molecule has 3 aromatic rings. The van der Waals surface area contributed by atoms with Gasteiger partial charge in [0.25, 0.3) is 0 Å². The van der Waals surface area contributed by atoms with Crippen LogP contribution in [0.5, 0.6) is 0 Å². The monoisotopic (exact) mass is 424 g/mol. The van der Waals surface area contributed by atoms with E-state index in [1.165, 1.54) is 45.4 Å². The summed E-state index contributed by atoms with van der Waals surface area (Å²) in [4.78, 5) is 12.5. The minimum absolute atomic E-state index is 0.0376. The van der Waals surface area contributed by atoms with E-state index in [1.54, 1.807) is 0 Å². The molecule has 1 aromatic heterocycles. The van der Waals surface area contributed by atoms with Crippen molar-refractivity contribution in [2.24, 2.45) is 0 Å². The normalized spacial score (nSPS) is 15.6. The first-order chi connectivity index (χ1) is 14.1. The minimum atomic E-state index is 0.0376. The molecule has 150 valence electrons. The van der Waals surface area contributed by atoms with Gasteiger partial charge in [-0.25, -0.2) is 0 Å². The molecule has 5 nitrogen and oxygen atoms in total. The molecular formula is C22H24N4OS2. The second-order valence-corrected chi connectivity index (χ2v) is 9.50. The lowest BCUT2D eigenvalue weighted by molar-refractivity contribution is -0.119. The van der Waals surface area contributed by atoms with Crippen molar-refractivity contribution in [2.75, 3.05) is 11.1 Å². The first kappa shape index (κ1) is 19.9. The number of aromatic nitrogens is 2. The summed E-state index contributed by atoms with van der Waals surface area (Å²) in [6, 6.07) is 14.7. The maximum atomic E-state index is 12.5. The van der Waals surface area contributed by atoms with Crippen molar-refractivity contribution >= 4 is 39.8 Å². The van der Waals surface area contributed by atoms with Crippen LogP contribution in [0.25, 0.3) is 0 Å². The van der Waals surface area contributed by atoms with Gasteiger partial charge in [-0.15, -0.1) is 10.2 Å². The van der Waals surface area contributed by atoms with Crippen LogP contribution in [-0.4, -0.2) is 21.9 Å². The third-order valence-electron chi connectivity index (χ3n) is 5.20. The maximum absolute atomic E-state index is 12.5. The highest BCUT2D eigenvalue weighted by Crippen LogP contribution is 2.31. The van der Waals surface area contributed by atoms with E-state index in [4.69, 9.17) is 0 Å². The van der Waals surface area contributed by atoms with Crippen molar-refractivity contribution in [3.05, 3.63) is 64.7 Å². The predicted octanol–water partition coefficient (Wildman–Crippen LogP) is 5.18. The lowest BCUT2D eigenvalue weighted by Gasteiger charge is -2.26. The number of fused-ring (bicyclic) bond motifs is 1. The molecule has 4 rings (SSSR count). The fourth-order valence-corrected chi connectivity index (χ4v) is 5.11. The van der Waals surface area contributed by atoms with Crippen molar-refractivity contribution in [1.82, 2.24) is 15.5 Å².